The fraction of sp³-hybridized carbons (Fsp3) is 0.0833. The SMILES string of the molecule is Cn1cc(C=NNC(=O)c2ccccc2O)cn1. The molecule has 1 aromatic heterocycles. The number of amides is 1. The number of aromatic hydroxyl groups is 1. The number of aromatic nitrogens is 2. The van der Waals surface area contributed by atoms with Crippen LogP contribution in [0.25, 0.3) is 0 Å². The van der Waals surface area contributed by atoms with E-state index in [1.807, 2.05) is 0 Å². The molecule has 92 valence electrons. The number of rotatable bonds is 3. The van der Waals surface area contributed by atoms with Gasteiger partial charge in [0.2, 0.25) is 0 Å². The quantitative estimate of drug-likeness (QED) is 0.621. The van der Waals surface area contributed by atoms with Gasteiger partial charge in [-0.1, -0.05) is 12.1 Å². The van der Waals surface area contributed by atoms with Crippen LogP contribution < -0.4 is 5.43 Å². The molecular weight excluding hydrogens is 232 g/mol. The second-order valence-electron chi connectivity index (χ2n) is 3.66. The summed E-state index contributed by atoms with van der Waals surface area (Å²) >= 11 is 0. The Morgan fingerprint density at radius 2 is 2.28 bits per heavy atom. The third-order valence-corrected chi connectivity index (χ3v) is 2.25. The molecule has 18 heavy (non-hydrogen) atoms. The maximum Gasteiger partial charge on any atom is 0.275 e. The number of phenolic OH excluding ortho intramolecular Hbond substituents is 1. The van der Waals surface area contributed by atoms with Gasteiger partial charge >= 0.3 is 0 Å². The maximum atomic E-state index is 11.7. The number of hydrogen-bond acceptors (Lipinski definition) is 4. The Morgan fingerprint density at radius 3 is 2.94 bits per heavy atom. The fourth-order valence-electron chi connectivity index (χ4n) is 1.40. The number of hydrogen-bond donors (Lipinski definition) is 2. The monoisotopic (exact) mass is 244 g/mol. The van der Waals surface area contributed by atoms with Crippen LogP contribution >= 0.6 is 0 Å². The summed E-state index contributed by atoms with van der Waals surface area (Å²) in [6.07, 6.45) is 4.86. The van der Waals surface area contributed by atoms with Gasteiger partial charge in [-0.05, 0) is 12.1 Å². The summed E-state index contributed by atoms with van der Waals surface area (Å²) in [6.45, 7) is 0. The van der Waals surface area contributed by atoms with Crippen molar-refractivity contribution < 1.29 is 9.90 Å². The summed E-state index contributed by atoms with van der Waals surface area (Å²) in [5.74, 6) is -0.542. The van der Waals surface area contributed by atoms with Gasteiger partial charge in [0.1, 0.15) is 5.75 Å². The number of phenols is 1. The van der Waals surface area contributed by atoms with Gasteiger partial charge in [-0.2, -0.15) is 10.2 Å². The Balaban J connectivity index is 2.01. The predicted octanol–water partition coefficient (Wildman–Crippen LogP) is 0.890. The molecule has 2 aromatic rings. The van der Waals surface area contributed by atoms with Gasteiger partial charge in [-0.15, -0.1) is 0 Å². The van der Waals surface area contributed by atoms with Crippen LogP contribution in [-0.2, 0) is 7.05 Å². The minimum atomic E-state index is -0.465. The molecule has 1 amide bonds. The third kappa shape index (κ3) is 2.73. The average molecular weight is 244 g/mol. The predicted molar refractivity (Wildman–Crippen MR) is 66.4 cm³/mol. The molecule has 6 nitrogen and oxygen atoms in total. The number of aryl methyl sites for hydroxylation is 1. The fourth-order valence-corrected chi connectivity index (χ4v) is 1.40. The summed E-state index contributed by atoms with van der Waals surface area (Å²) in [5, 5.41) is 17.2. The molecule has 0 saturated carbocycles. The van der Waals surface area contributed by atoms with Crippen LogP contribution in [0.3, 0.4) is 0 Å². The lowest BCUT2D eigenvalue weighted by Gasteiger charge is -2.01. The molecular formula is C12H12N4O2. The lowest BCUT2D eigenvalue weighted by molar-refractivity contribution is 0.0952. The minimum Gasteiger partial charge on any atom is -0.507 e. The molecule has 0 bridgehead atoms. The molecule has 0 atom stereocenters. The summed E-state index contributed by atoms with van der Waals surface area (Å²) in [6, 6.07) is 6.27. The van der Waals surface area contributed by atoms with Gasteiger partial charge in [-0.25, -0.2) is 5.43 Å². The van der Waals surface area contributed by atoms with Crippen molar-refractivity contribution in [2.75, 3.05) is 0 Å². The summed E-state index contributed by atoms with van der Waals surface area (Å²) in [4.78, 5) is 11.7. The van der Waals surface area contributed by atoms with E-state index in [0.29, 0.717) is 0 Å². The van der Waals surface area contributed by atoms with Crippen LogP contribution in [0.4, 0.5) is 0 Å². The molecule has 0 saturated heterocycles. The molecule has 2 rings (SSSR count). The second kappa shape index (κ2) is 5.13. The minimum absolute atomic E-state index is 0.0772. The van der Waals surface area contributed by atoms with Crippen LogP contribution in [0.2, 0.25) is 0 Å². The molecule has 0 fully saturated rings. The van der Waals surface area contributed by atoms with Crippen molar-refractivity contribution in [3.63, 3.8) is 0 Å². The number of hydrazone groups is 1. The molecule has 1 heterocycles. The van der Waals surface area contributed by atoms with E-state index < -0.39 is 5.91 Å². The van der Waals surface area contributed by atoms with E-state index in [2.05, 4.69) is 15.6 Å². The smallest absolute Gasteiger partial charge is 0.275 e. The lowest BCUT2D eigenvalue weighted by Crippen LogP contribution is -2.17. The highest BCUT2D eigenvalue weighted by molar-refractivity contribution is 5.97. The Bertz CT molecular complexity index is 589. The van der Waals surface area contributed by atoms with Crippen molar-refractivity contribution in [2.45, 2.75) is 0 Å². The molecule has 0 radical (unpaired) electrons. The van der Waals surface area contributed by atoms with E-state index in [-0.39, 0.29) is 11.3 Å². The van der Waals surface area contributed by atoms with Gasteiger partial charge in [0, 0.05) is 18.8 Å². The zero-order valence-electron chi connectivity index (χ0n) is 9.74. The van der Waals surface area contributed by atoms with Crippen molar-refractivity contribution in [2.24, 2.45) is 12.1 Å². The number of para-hydroxylation sites is 1. The van der Waals surface area contributed by atoms with Crippen molar-refractivity contribution in [3.8, 4) is 5.75 Å². The molecule has 6 heteroatoms. The molecule has 0 spiro atoms. The van der Waals surface area contributed by atoms with E-state index in [4.69, 9.17) is 0 Å². The van der Waals surface area contributed by atoms with Gasteiger partial charge < -0.3 is 5.11 Å². The number of carbonyl (C=O) groups is 1. The van der Waals surface area contributed by atoms with Crippen LogP contribution in [-0.4, -0.2) is 27.0 Å². The normalized spacial score (nSPS) is 10.7. The first-order valence-corrected chi connectivity index (χ1v) is 5.27. The van der Waals surface area contributed by atoms with Crippen molar-refractivity contribution in [1.82, 2.24) is 15.2 Å². The largest absolute Gasteiger partial charge is 0.507 e. The molecule has 0 aliphatic rings. The van der Waals surface area contributed by atoms with Gasteiger partial charge in [0.25, 0.3) is 5.91 Å². The van der Waals surface area contributed by atoms with Crippen molar-refractivity contribution in [3.05, 3.63) is 47.8 Å². The van der Waals surface area contributed by atoms with Crippen LogP contribution in [0.1, 0.15) is 15.9 Å². The molecule has 0 aliphatic heterocycles. The van der Waals surface area contributed by atoms with Crippen LogP contribution in [0.5, 0.6) is 5.75 Å². The lowest BCUT2D eigenvalue weighted by atomic mass is 10.2. The third-order valence-electron chi connectivity index (χ3n) is 2.25. The molecule has 0 unspecified atom stereocenters. The maximum absolute atomic E-state index is 11.7. The van der Waals surface area contributed by atoms with E-state index in [0.717, 1.165) is 5.56 Å². The Morgan fingerprint density at radius 1 is 1.50 bits per heavy atom. The zero-order valence-corrected chi connectivity index (χ0v) is 9.74. The summed E-state index contributed by atoms with van der Waals surface area (Å²) in [5.41, 5.74) is 3.29. The van der Waals surface area contributed by atoms with E-state index in [1.54, 1.807) is 36.3 Å². The Labute approximate surface area is 104 Å². The number of nitrogens with zero attached hydrogens (tertiary/aromatic N) is 3. The van der Waals surface area contributed by atoms with Crippen molar-refractivity contribution >= 4 is 12.1 Å². The Hall–Kier alpha value is -2.63. The Kier molecular flexibility index (Phi) is 3.38. The first-order chi connectivity index (χ1) is 8.66. The first kappa shape index (κ1) is 11.8. The average Bonchev–Trinajstić information content (AvgIpc) is 2.75. The van der Waals surface area contributed by atoms with Crippen molar-refractivity contribution in [1.29, 1.82) is 0 Å². The molecule has 2 N–H and O–H groups in total. The number of benzene rings is 1. The summed E-state index contributed by atoms with van der Waals surface area (Å²) < 4.78 is 1.63. The first-order valence-electron chi connectivity index (χ1n) is 5.27. The number of nitrogens with one attached hydrogen (secondary N) is 1. The van der Waals surface area contributed by atoms with E-state index in [9.17, 15) is 9.90 Å². The van der Waals surface area contributed by atoms with Crippen LogP contribution in [0, 0.1) is 0 Å². The van der Waals surface area contributed by atoms with Gasteiger partial charge in [0.05, 0.1) is 18.0 Å². The van der Waals surface area contributed by atoms with E-state index in [1.165, 1.54) is 18.3 Å². The molecule has 1 aromatic carbocycles. The second-order valence-corrected chi connectivity index (χ2v) is 3.66. The molecule has 0 aliphatic carbocycles. The highest BCUT2D eigenvalue weighted by atomic mass is 16.3. The van der Waals surface area contributed by atoms with Gasteiger partial charge in [-0.3, -0.25) is 9.48 Å². The standard InChI is InChI=1S/C12H12N4O2/c1-16-8-9(7-14-16)6-13-15-12(18)10-4-2-3-5-11(10)17/h2-8,17H,1H3,(H,15,18). The van der Waals surface area contributed by atoms with Gasteiger partial charge in [0.15, 0.2) is 0 Å². The summed E-state index contributed by atoms with van der Waals surface area (Å²) in [7, 11) is 1.79. The van der Waals surface area contributed by atoms with E-state index >= 15 is 0 Å². The van der Waals surface area contributed by atoms with Crippen LogP contribution in [0.15, 0.2) is 41.8 Å². The highest BCUT2D eigenvalue weighted by Crippen LogP contribution is 2.14. The highest BCUT2D eigenvalue weighted by Gasteiger charge is 2.08. The zero-order chi connectivity index (χ0) is 13.0. The number of carbonyl (C=O) groups excluding carboxylic acids is 1. The topological polar surface area (TPSA) is 79.5 Å².